The molecule has 1 N–H and O–H groups in total. The first kappa shape index (κ1) is 19.9. The molecule has 0 spiro atoms. The van der Waals surface area contributed by atoms with E-state index in [0.717, 1.165) is 12.8 Å². The topological polar surface area (TPSA) is 86.8 Å². The number of sulfonamides is 1. The van der Waals surface area contributed by atoms with Gasteiger partial charge in [-0.05, 0) is 55.0 Å². The minimum absolute atomic E-state index is 0.0197. The van der Waals surface area contributed by atoms with E-state index in [1.165, 1.54) is 15.6 Å². The van der Waals surface area contributed by atoms with E-state index in [4.69, 9.17) is 0 Å². The average Bonchev–Trinajstić information content (AvgIpc) is 3.37. The van der Waals surface area contributed by atoms with Crippen LogP contribution in [0.3, 0.4) is 0 Å². The lowest BCUT2D eigenvalue weighted by Gasteiger charge is -2.31. The van der Waals surface area contributed by atoms with Gasteiger partial charge in [0.25, 0.3) is 5.91 Å². The predicted molar refractivity (Wildman–Crippen MR) is 114 cm³/mol. The summed E-state index contributed by atoms with van der Waals surface area (Å²) in [6, 6.07) is 10.5. The SMILES string of the molecule is O=C(Nc1ccc(N2CCCS2(=O)=O)cc1)[C@H]1CCCN(C(=O)c2cccs2)C1. The van der Waals surface area contributed by atoms with E-state index in [2.05, 4.69) is 5.32 Å². The maximum Gasteiger partial charge on any atom is 0.263 e. The highest BCUT2D eigenvalue weighted by Crippen LogP contribution is 2.26. The summed E-state index contributed by atoms with van der Waals surface area (Å²) in [5, 5.41) is 4.78. The normalized spacial score (nSPS) is 21.2. The van der Waals surface area contributed by atoms with Crippen molar-refractivity contribution >= 4 is 44.5 Å². The van der Waals surface area contributed by atoms with Crippen molar-refractivity contribution in [3.63, 3.8) is 0 Å². The molecule has 1 aromatic heterocycles. The van der Waals surface area contributed by atoms with E-state index in [1.54, 1.807) is 35.2 Å². The third kappa shape index (κ3) is 4.30. The summed E-state index contributed by atoms with van der Waals surface area (Å²) in [5.41, 5.74) is 1.24. The molecule has 0 unspecified atom stereocenters. The zero-order valence-corrected chi connectivity index (χ0v) is 17.5. The molecule has 29 heavy (non-hydrogen) atoms. The number of thiophene rings is 1. The van der Waals surface area contributed by atoms with Gasteiger partial charge in [0, 0.05) is 25.3 Å². The molecule has 9 heteroatoms. The first-order valence-corrected chi connectivity index (χ1v) is 12.2. The quantitative estimate of drug-likeness (QED) is 0.803. The second kappa shape index (κ2) is 8.16. The molecule has 1 atom stereocenters. The second-order valence-corrected chi connectivity index (χ2v) is 10.3. The first-order valence-electron chi connectivity index (χ1n) is 9.68. The number of nitrogens with zero attached hydrogens (tertiary/aromatic N) is 2. The van der Waals surface area contributed by atoms with Crippen molar-refractivity contribution < 1.29 is 18.0 Å². The maximum absolute atomic E-state index is 12.7. The van der Waals surface area contributed by atoms with Crippen molar-refractivity contribution in [3.05, 3.63) is 46.7 Å². The molecular formula is C20H23N3O4S2. The summed E-state index contributed by atoms with van der Waals surface area (Å²) in [6.07, 6.45) is 2.16. The maximum atomic E-state index is 12.7. The number of piperidine rings is 1. The number of carbonyl (C=O) groups excluding carboxylic acids is 2. The Morgan fingerprint density at radius 2 is 1.86 bits per heavy atom. The highest BCUT2D eigenvalue weighted by molar-refractivity contribution is 7.93. The molecule has 0 radical (unpaired) electrons. The lowest BCUT2D eigenvalue weighted by Crippen LogP contribution is -2.43. The molecule has 1 aromatic carbocycles. The molecule has 2 aliphatic heterocycles. The smallest absolute Gasteiger partial charge is 0.263 e. The zero-order chi connectivity index (χ0) is 20.4. The van der Waals surface area contributed by atoms with Crippen LogP contribution >= 0.6 is 11.3 Å². The number of hydrogen-bond donors (Lipinski definition) is 1. The molecule has 2 aromatic rings. The fraction of sp³-hybridized carbons (Fsp3) is 0.400. The minimum atomic E-state index is -3.22. The van der Waals surface area contributed by atoms with Crippen LogP contribution < -0.4 is 9.62 Å². The summed E-state index contributed by atoms with van der Waals surface area (Å²) >= 11 is 1.41. The van der Waals surface area contributed by atoms with E-state index in [0.29, 0.717) is 42.3 Å². The Labute approximate surface area is 174 Å². The Morgan fingerprint density at radius 3 is 2.52 bits per heavy atom. The summed E-state index contributed by atoms with van der Waals surface area (Å²) in [5.74, 6) is -0.219. The van der Waals surface area contributed by atoms with Crippen LogP contribution in [0.1, 0.15) is 28.9 Å². The Bertz CT molecular complexity index is 987. The van der Waals surface area contributed by atoms with Crippen LogP contribution in [0.4, 0.5) is 11.4 Å². The van der Waals surface area contributed by atoms with Gasteiger partial charge in [0.15, 0.2) is 0 Å². The number of carbonyl (C=O) groups is 2. The summed E-state index contributed by atoms with van der Waals surface area (Å²) < 4.78 is 25.5. The molecule has 2 saturated heterocycles. The first-order chi connectivity index (χ1) is 13.9. The number of amides is 2. The van der Waals surface area contributed by atoms with Gasteiger partial charge in [-0.25, -0.2) is 8.42 Å². The lowest BCUT2D eigenvalue weighted by molar-refractivity contribution is -0.121. The van der Waals surface area contributed by atoms with Gasteiger partial charge in [0.2, 0.25) is 15.9 Å². The number of likely N-dealkylation sites (tertiary alicyclic amines) is 1. The molecule has 0 saturated carbocycles. The van der Waals surface area contributed by atoms with Gasteiger partial charge in [0.1, 0.15) is 0 Å². The number of anilines is 2. The van der Waals surface area contributed by atoms with Gasteiger partial charge >= 0.3 is 0 Å². The summed E-state index contributed by atoms with van der Waals surface area (Å²) in [7, 11) is -3.22. The van der Waals surface area contributed by atoms with Crippen molar-refractivity contribution in [2.24, 2.45) is 5.92 Å². The van der Waals surface area contributed by atoms with Gasteiger partial charge in [-0.1, -0.05) is 6.07 Å². The molecule has 3 heterocycles. The third-order valence-electron chi connectivity index (χ3n) is 5.33. The lowest BCUT2D eigenvalue weighted by atomic mass is 9.97. The van der Waals surface area contributed by atoms with Crippen LogP contribution in [-0.4, -0.2) is 50.5 Å². The highest BCUT2D eigenvalue weighted by Gasteiger charge is 2.30. The van der Waals surface area contributed by atoms with Crippen LogP contribution in [0.25, 0.3) is 0 Å². The Balaban J connectivity index is 1.38. The number of nitrogens with one attached hydrogen (secondary N) is 1. The van der Waals surface area contributed by atoms with E-state index in [-0.39, 0.29) is 23.5 Å². The van der Waals surface area contributed by atoms with E-state index < -0.39 is 10.0 Å². The molecular weight excluding hydrogens is 410 g/mol. The zero-order valence-electron chi connectivity index (χ0n) is 15.9. The molecule has 2 aliphatic rings. The van der Waals surface area contributed by atoms with Crippen LogP contribution in [0, 0.1) is 5.92 Å². The summed E-state index contributed by atoms with van der Waals surface area (Å²) in [6.45, 7) is 1.57. The van der Waals surface area contributed by atoms with Crippen LogP contribution in [0.2, 0.25) is 0 Å². The molecule has 2 amide bonds. The highest BCUT2D eigenvalue weighted by atomic mass is 32.2. The van der Waals surface area contributed by atoms with Gasteiger partial charge < -0.3 is 10.2 Å². The number of benzene rings is 1. The van der Waals surface area contributed by atoms with E-state index >= 15 is 0 Å². The number of hydrogen-bond acceptors (Lipinski definition) is 5. The number of rotatable bonds is 4. The Morgan fingerprint density at radius 1 is 1.07 bits per heavy atom. The fourth-order valence-electron chi connectivity index (χ4n) is 3.82. The van der Waals surface area contributed by atoms with E-state index in [9.17, 15) is 18.0 Å². The Hall–Kier alpha value is -2.39. The van der Waals surface area contributed by atoms with Gasteiger partial charge in [-0.3, -0.25) is 13.9 Å². The third-order valence-corrected chi connectivity index (χ3v) is 8.06. The second-order valence-electron chi connectivity index (χ2n) is 7.35. The van der Waals surface area contributed by atoms with Crippen molar-refractivity contribution in [2.75, 3.05) is 35.0 Å². The van der Waals surface area contributed by atoms with Gasteiger partial charge in [-0.2, -0.15) is 0 Å². The van der Waals surface area contributed by atoms with Crippen molar-refractivity contribution in [1.82, 2.24) is 4.90 Å². The van der Waals surface area contributed by atoms with Gasteiger partial charge in [-0.15, -0.1) is 11.3 Å². The van der Waals surface area contributed by atoms with Crippen LogP contribution in [0.5, 0.6) is 0 Å². The van der Waals surface area contributed by atoms with Crippen LogP contribution in [-0.2, 0) is 14.8 Å². The largest absolute Gasteiger partial charge is 0.337 e. The average molecular weight is 434 g/mol. The molecule has 0 bridgehead atoms. The Kier molecular flexibility index (Phi) is 5.60. The molecule has 154 valence electrons. The predicted octanol–water partition coefficient (Wildman–Crippen LogP) is 2.78. The van der Waals surface area contributed by atoms with Crippen molar-refractivity contribution in [3.8, 4) is 0 Å². The molecule has 7 nitrogen and oxygen atoms in total. The molecule has 4 rings (SSSR count). The monoisotopic (exact) mass is 433 g/mol. The van der Waals surface area contributed by atoms with Crippen molar-refractivity contribution in [2.45, 2.75) is 19.3 Å². The minimum Gasteiger partial charge on any atom is -0.337 e. The summed E-state index contributed by atoms with van der Waals surface area (Å²) in [4.78, 5) is 27.7. The standard InChI is InChI=1S/C20H23N3O4S2/c24-19(15-4-1-10-22(14-15)20(25)18-5-2-12-28-18)21-16-6-8-17(9-7-16)23-11-3-13-29(23,26)27/h2,5-9,12,15H,1,3-4,10-11,13-14H2,(H,21,24)/t15-/m0/s1. The fourth-order valence-corrected chi connectivity index (χ4v) is 6.07. The van der Waals surface area contributed by atoms with Gasteiger partial charge in [0.05, 0.1) is 22.2 Å². The van der Waals surface area contributed by atoms with Crippen molar-refractivity contribution in [1.29, 1.82) is 0 Å². The molecule has 2 fully saturated rings. The van der Waals surface area contributed by atoms with Crippen LogP contribution in [0.15, 0.2) is 41.8 Å². The molecule has 0 aliphatic carbocycles. The van der Waals surface area contributed by atoms with E-state index in [1.807, 2.05) is 11.4 Å².